The van der Waals surface area contributed by atoms with Crippen molar-refractivity contribution in [2.75, 3.05) is 0 Å². The number of halogens is 1. The molecule has 19 heavy (non-hydrogen) atoms. The molecule has 2 aromatic rings. The molecule has 0 aliphatic heterocycles. The van der Waals surface area contributed by atoms with Gasteiger partial charge in [0.1, 0.15) is 0 Å². The van der Waals surface area contributed by atoms with E-state index in [1.54, 1.807) is 0 Å². The zero-order valence-electron chi connectivity index (χ0n) is 11.3. The molecule has 0 N–H and O–H groups in total. The lowest BCUT2D eigenvalue weighted by molar-refractivity contribution is 0.0639. The molecule has 2 aromatic carbocycles. The van der Waals surface area contributed by atoms with E-state index in [1.807, 2.05) is 72.5 Å². The van der Waals surface area contributed by atoms with Gasteiger partial charge in [-0.1, -0.05) is 67.6 Å². The summed E-state index contributed by atoms with van der Waals surface area (Å²) in [5.41, 5.74) is 2.30. The third kappa shape index (κ3) is 4.18. The maximum absolute atomic E-state index is 14.1. The molecule has 0 saturated carbocycles. The quantitative estimate of drug-likeness (QED) is 0.693. The highest BCUT2D eigenvalue weighted by Crippen LogP contribution is 2.15. The van der Waals surface area contributed by atoms with Crippen molar-refractivity contribution in [3.8, 4) is 0 Å². The van der Waals surface area contributed by atoms with Crippen molar-refractivity contribution < 1.29 is 4.39 Å². The lowest BCUT2D eigenvalue weighted by Crippen LogP contribution is -2.30. The van der Waals surface area contributed by atoms with E-state index in [1.165, 1.54) is 0 Å². The Morgan fingerprint density at radius 2 is 1.26 bits per heavy atom. The van der Waals surface area contributed by atoms with Crippen molar-refractivity contribution in [3.05, 3.63) is 71.8 Å². The summed E-state index contributed by atoms with van der Waals surface area (Å²) in [7, 11) is 0. The summed E-state index contributed by atoms with van der Waals surface area (Å²) in [5, 5.41) is 0. The second kappa shape index (κ2) is 7.05. The summed E-state index contributed by atoms with van der Waals surface area (Å²) in [5.74, 6) is 0. The highest BCUT2D eigenvalue weighted by Gasteiger charge is 2.16. The van der Waals surface area contributed by atoms with Gasteiger partial charge in [0.2, 0.25) is 0 Å². The fraction of sp³-hybridized carbons (Fsp3) is 0.294. The van der Waals surface area contributed by atoms with Crippen LogP contribution in [-0.4, -0.2) is 11.2 Å². The zero-order chi connectivity index (χ0) is 13.5. The van der Waals surface area contributed by atoms with Gasteiger partial charge >= 0.3 is 0 Å². The van der Waals surface area contributed by atoms with Gasteiger partial charge in [0, 0.05) is 13.1 Å². The first-order valence-corrected chi connectivity index (χ1v) is 6.75. The fourth-order valence-electron chi connectivity index (χ4n) is 2.15. The Morgan fingerprint density at radius 3 is 1.63 bits per heavy atom. The molecule has 0 aliphatic rings. The topological polar surface area (TPSA) is 3.24 Å². The van der Waals surface area contributed by atoms with Crippen molar-refractivity contribution in [1.29, 1.82) is 0 Å². The minimum absolute atomic E-state index is 0.514. The molecule has 0 heterocycles. The van der Waals surface area contributed by atoms with Gasteiger partial charge in [0.05, 0.1) is 0 Å². The Hall–Kier alpha value is -1.67. The molecule has 2 heteroatoms. The molecule has 0 amide bonds. The fourth-order valence-corrected chi connectivity index (χ4v) is 2.15. The Labute approximate surface area is 114 Å². The molecule has 1 nitrogen and oxygen atoms in total. The second-order valence-electron chi connectivity index (χ2n) is 4.72. The SMILES string of the molecule is CCC(F)N(Cc1ccccc1)Cc1ccccc1. The first kappa shape index (κ1) is 13.8. The summed E-state index contributed by atoms with van der Waals surface area (Å²) in [6, 6.07) is 20.1. The van der Waals surface area contributed by atoms with Gasteiger partial charge in [0.25, 0.3) is 0 Å². The minimum Gasteiger partial charge on any atom is -0.265 e. The molecular formula is C17H20FN. The maximum Gasteiger partial charge on any atom is 0.153 e. The third-order valence-electron chi connectivity index (χ3n) is 3.19. The maximum atomic E-state index is 14.1. The van der Waals surface area contributed by atoms with E-state index in [0.29, 0.717) is 19.5 Å². The Kier molecular flexibility index (Phi) is 5.10. The number of hydrogen-bond donors (Lipinski definition) is 0. The van der Waals surface area contributed by atoms with Crippen LogP contribution < -0.4 is 0 Å². The van der Waals surface area contributed by atoms with Crippen LogP contribution >= 0.6 is 0 Å². The molecular weight excluding hydrogens is 237 g/mol. The molecule has 1 unspecified atom stereocenters. The summed E-state index contributed by atoms with van der Waals surface area (Å²) < 4.78 is 14.1. The Balaban J connectivity index is 2.08. The molecule has 2 rings (SSSR count). The van der Waals surface area contributed by atoms with E-state index in [9.17, 15) is 4.39 Å². The van der Waals surface area contributed by atoms with Crippen molar-refractivity contribution in [2.24, 2.45) is 0 Å². The molecule has 0 radical (unpaired) electrons. The standard InChI is InChI=1S/C17H20FN/c1-2-17(18)19(13-15-9-5-3-6-10-15)14-16-11-7-4-8-12-16/h3-12,17H,2,13-14H2,1H3. The molecule has 0 fully saturated rings. The lowest BCUT2D eigenvalue weighted by Gasteiger charge is -2.25. The van der Waals surface area contributed by atoms with E-state index in [4.69, 9.17) is 0 Å². The lowest BCUT2D eigenvalue weighted by atomic mass is 10.1. The Morgan fingerprint density at radius 1 is 0.842 bits per heavy atom. The van der Waals surface area contributed by atoms with Crippen LogP contribution in [0.3, 0.4) is 0 Å². The van der Waals surface area contributed by atoms with Gasteiger partial charge < -0.3 is 0 Å². The highest BCUT2D eigenvalue weighted by molar-refractivity contribution is 5.17. The van der Waals surface area contributed by atoms with Crippen LogP contribution in [-0.2, 0) is 13.1 Å². The van der Waals surface area contributed by atoms with Crippen LogP contribution in [0.5, 0.6) is 0 Å². The van der Waals surface area contributed by atoms with Gasteiger partial charge in [-0.3, -0.25) is 4.90 Å². The molecule has 0 saturated heterocycles. The molecule has 100 valence electrons. The number of rotatable bonds is 6. The predicted octanol–water partition coefficient (Wildman–Crippen LogP) is 4.39. The van der Waals surface area contributed by atoms with E-state index in [2.05, 4.69) is 0 Å². The molecule has 0 aromatic heterocycles. The average molecular weight is 257 g/mol. The zero-order valence-corrected chi connectivity index (χ0v) is 11.3. The number of benzene rings is 2. The van der Waals surface area contributed by atoms with Crippen molar-refractivity contribution in [2.45, 2.75) is 32.7 Å². The van der Waals surface area contributed by atoms with Crippen LogP contribution in [0, 0.1) is 0 Å². The monoisotopic (exact) mass is 257 g/mol. The van der Waals surface area contributed by atoms with Crippen LogP contribution in [0.15, 0.2) is 60.7 Å². The van der Waals surface area contributed by atoms with Gasteiger partial charge in [0.15, 0.2) is 6.30 Å². The van der Waals surface area contributed by atoms with E-state index < -0.39 is 6.30 Å². The second-order valence-corrected chi connectivity index (χ2v) is 4.72. The van der Waals surface area contributed by atoms with Gasteiger partial charge in [-0.25, -0.2) is 4.39 Å². The summed E-state index contributed by atoms with van der Waals surface area (Å²) in [4.78, 5) is 1.88. The smallest absolute Gasteiger partial charge is 0.153 e. The summed E-state index contributed by atoms with van der Waals surface area (Å²) in [6.45, 7) is 3.17. The normalized spacial score (nSPS) is 12.6. The minimum atomic E-state index is -0.902. The molecule has 1 atom stereocenters. The first-order valence-electron chi connectivity index (χ1n) is 6.75. The first-order chi connectivity index (χ1) is 9.29. The van der Waals surface area contributed by atoms with Crippen molar-refractivity contribution in [3.63, 3.8) is 0 Å². The summed E-state index contributed by atoms with van der Waals surface area (Å²) >= 11 is 0. The van der Waals surface area contributed by atoms with Gasteiger partial charge in [-0.2, -0.15) is 0 Å². The molecule has 0 bridgehead atoms. The van der Waals surface area contributed by atoms with Crippen molar-refractivity contribution in [1.82, 2.24) is 4.90 Å². The average Bonchev–Trinajstić information content (AvgIpc) is 2.48. The molecule has 0 aliphatic carbocycles. The van der Waals surface area contributed by atoms with Crippen LogP contribution in [0.25, 0.3) is 0 Å². The van der Waals surface area contributed by atoms with Crippen LogP contribution in [0.1, 0.15) is 24.5 Å². The summed E-state index contributed by atoms with van der Waals surface area (Å²) in [6.07, 6.45) is -0.389. The number of alkyl halides is 1. The van der Waals surface area contributed by atoms with E-state index in [-0.39, 0.29) is 0 Å². The number of hydrogen-bond acceptors (Lipinski definition) is 1. The van der Waals surface area contributed by atoms with Crippen molar-refractivity contribution >= 4 is 0 Å². The van der Waals surface area contributed by atoms with Crippen LogP contribution in [0.4, 0.5) is 4.39 Å². The van der Waals surface area contributed by atoms with Gasteiger partial charge in [-0.15, -0.1) is 0 Å². The third-order valence-corrected chi connectivity index (χ3v) is 3.19. The highest BCUT2D eigenvalue weighted by atomic mass is 19.1. The Bertz CT molecular complexity index is 428. The number of nitrogens with zero attached hydrogens (tertiary/aromatic N) is 1. The molecule has 0 spiro atoms. The van der Waals surface area contributed by atoms with Crippen LogP contribution in [0.2, 0.25) is 0 Å². The largest absolute Gasteiger partial charge is 0.265 e. The van der Waals surface area contributed by atoms with Gasteiger partial charge in [-0.05, 0) is 17.5 Å². The predicted molar refractivity (Wildman–Crippen MR) is 77.3 cm³/mol. The van der Waals surface area contributed by atoms with E-state index in [0.717, 1.165) is 11.1 Å². The van der Waals surface area contributed by atoms with E-state index >= 15 is 0 Å².